The minimum absolute atomic E-state index is 0.113. The fourth-order valence-electron chi connectivity index (χ4n) is 4.09. The fraction of sp³-hybridized carbons (Fsp3) is 0.250. The van der Waals surface area contributed by atoms with Gasteiger partial charge in [0.25, 0.3) is 0 Å². The Hall–Kier alpha value is -3.68. The van der Waals surface area contributed by atoms with Crippen molar-refractivity contribution in [1.29, 1.82) is 0 Å². The van der Waals surface area contributed by atoms with E-state index in [1.54, 1.807) is 37.5 Å². The third kappa shape index (κ3) is 5.53. The van der Waals surface area contributed by atoms with Crippen LogP contribution in [-0.4, -0.2) is 24.3 Å². The summed E-state index contributed by atoms with van der Waals surface area (Å²) in [5.74, 6) is -0.179. The molecule has 0 aliphatic heterocycles. The molecule has 0 spiro atoms. The average molecular weight is 478 g/mol. The van der Waals surface area contributed by atoms with Crippen LogP contribution in [0.3, 0.4) is 0 Å². The van der Waals surface area contributed by atoms with Gasteiger partial charge in [-0.1, -0.05) is 36.4 Å². The van der Waals surface area contributed by atoms with Crippen LogP contribution in [-0.2, 0) is 22.6 Å². The van der Waals surface area contributed by atoms with E-state index in [0.717, 1.165) is 16.5 Å². The van der Waals surface area contributed by atoms with Gasteiger partial charge in [-0.15, -0.1) is 0 Å². The SMILES string of the molecule is CCOC(=O)Cc1ccccc1OCc1cc(-c2cccc([C@H](N)CCO)c2F)c2occc2c1. The molecule has 1 heterocycles. The number of hydrogen-bond donors (Lipinski definition) is 2. The van der Waals surface area contributed by atoms with Crippen molar-refractivity contribution in [3.05, 3.63) is 89.4 Å². The molecule has 182 valence electrons. The standard InChI is InChI=1S/C28H28FNO5/c1-2-33-26(32)16-19-6-3-4-9-25(19)35-17-18-14-20-11-13-34-28(20)23(15-18)21-7-5-8-22(27(21)29)24(30)10-12-31/h3-9,11,13-15,24,31H,2,10,12,16-17,30H2,1H3/t24-/m1/s1. The summed E-state index contributed by atoms with van der Waals surface area (Å²) in [5, 5.41) is 10.0. The van der Waals surface area contributed by atoms with Crippen molar-refractivity contribution in [3.8, 4) is 16.9 Å². The zero-order chi connectivity index (χ0) is 24.8. The molecule has 0 saturated carbocycles. The highest BCUT2D eigenvalue weighted by molar-refractivity contribution is 5.93. The van der Waals surface area contributed by atoms with Crippen LogP contribution in [0.4, 0.5) is 4.39 Å². The minimum Gasteiger partial charge on any atom is -0.489 e. The van der Waals surface area contributed by atoms with E-state index in [2.05, 4.69) is 0 Å². The fourth-order valence-corrected chi connectivity index (χ4v) is 4.09. The molecule has 3 N–H and O–H groups in total. The molecule has 0 amide bonds. The Morgan fingerprint density at radius 1 is 1.11 bits per heavy atom. The van der Waals surface area contributed by atoms with Gasteiger partial charge in [-0.2, -0.15) is 0 Å². The van der Waals surface area contributed by atoms with E-state index in [4.69, 9.17) is 19.6 Å². The van der Waals surface area contributed by atoms with Crippen LogP contribution in [0.15, 0.2) is 71.3 Å². The summed E-state index contributed by atoms with van der Waals surface area (Å²) < 4.78 is 32.3. The van der Waals surface area contributed by atoms with E-state index in [1.807, 2.05) is 36.4 Å². The second-order valence-electron chi connectivity index (χ2n) is 8.19. The molecule has 0 radical (unpaired) electrons. The Kier molecular flexibility index (Phi) is 7.80. The molecule has 0 unspecified atom stereocenters. The number of aliphatic hydroxyl groups excluding tert-OH is 1. The number of hydrogen-bond acceptors (Lipinski definition) is 6. The first-order valence-electron chi connectivity index (χ1n) is 11.5. The topological polar surface area (TPSA) is 94.9 Å². The number of furan rings is 1. The number of carbonyl (C=O) groups excluding carboxylic acids is 1. The molecule has 0 aliphatic carbocycles. The summed E-state index contributed by atoms with van der Waals surface area (Å²) in [6, 6.07) is 17.3. The lowest BCUT2D eigenvalue weighted by molar-refractivity contribution is -0.142. The number of carbonyl (C=O) groups is 1. The smallest absolute Gasteiger partial charge is 0.310 e. The maximum Gasteiger partial charge on any atom is 0.310 e. The van der Waals surface area contributed by atoms with E-state index >= 15 is 4.39 Å². The number of nitrogens with two attached hydrogens (primary N) is 1. The summed E-state index contributed by atoms with van der Waals surface area (Å²) >= 11 is 0. The summed E-state index contributed by atoms with van der Waals surface area (Å²) in [6.07, 6.45) is 1.93. The number of halogens is 1. The molecule has 4 rings (SSSR count). The van der Waals surface area contributed by atoms with Crippen LogP contribution in [0.2, 0.25) is 0 Å². The summed E-state index contributed by atoms with van der Waals surface area (Å²) in [6.45, 7) is 2.16. The first kappa shape index (κ1) is 24.4. The second-order valence-corrected chi connectivity index (χ2v) is 8.19. The summed E-state index contributed by atoms with van der Waals surface area (Å²) in [7, 11) is 0. The van der Waals surface area contributed by atoms with Crippen LogP contribution in [0.25, 0.3) is 22.1 Å². The maximum atomic E-state index is 15.5. The number of benzene rings is 3. The third-order valence-electron chi connectivity index (χ3n) is 5.78. The molecule has 35 heavy (non-hydrogen) atoms. The number of ether oxygens (including phenoxy) is 2. The van der Waals surface area contributed by atoms with Crippen LogP contribution >= 0.6 is 0 Å². The number of esters is 1. The van der Waals surface area contributed by atoms with Crippen molar-refractivity contribution < 1.29 is 28.2 Å². The quantitative estimate of drug-likeness (QED) is 0.301. The summed E-state index contributed by atoms with van der Waals surface area (Å²) in [5.41, 5.74) is 9.46. The molecular weight excluding hydrogens is 449 g/mol. The predicted molar refractivity (Wildman–Crippen MR) is 131 cm³/mol. The highest BCUT2D eigenvalue weighted by Crippen LogP contribution is 2.35. The molecule has 1 aromatic heterocycles. The lowest BCUT2D eigenvalue weighted by Gasteiger charge is -2.15. The highest BCUT2D eigenvalue weighted by atomic mass is 19.1. The van der Waals surface area contributed by atoms with Crippen LogP contribution in [0.5, 0.6) is 5.75 Å². The second kappa shape index (κ2) is 11.2. The van der Waals surface area contributed by atoms with E-state index in [1.165, 1.54) is 0 Å². The molecule has 6 nitrogen and oxygen atoms in total. The van der Waals surface area contributed by atoms with Gasteiger partial charge < -0.3 is 24.7 Å². The molecule has 7 heteroatoms. The molecule has 0 aliphatic rings. The van der Waals surface area contributed by atoms with E-state index in [9.17, 15) is 9.90 Å². The highest BCUT2D eigenvalue weighted by Gasteiger charge is 2.19. The predicted octanol–water partition coefficient (Wildman–Crippen LogP) is 5.31. The van der Waals surface area contributed by atoms with Gasteiger partial charge in [-0.05, 0) is 43.2 Å². The minimum atomic E-state index is -0.616. The van der Waals surface area contributed by atoms with E-state index in [-0.39, 0.29) is 32.0 Å². The molecule has 0 fully saturated rings. The van der Waals surface area contributed by atoms with Gasteiger partial charge in [0.15, 0.2) is 0 Å². The molecule has 0 saturated heterocycles. The molecule has 4 aromatic rings. The Morgan fingerprint density at radius 2 is 1.94 bits per heavy atom. The average Bonchev–Trinajstić information content (AvgIpc) is 3.32. The van der Waals surface area contributed by atoms with Crippen molar-refractivity contribution in [1.82, 2.24) is 0 Å². The third-order valence-corrected chi connectivity index (χ3v) is 5.78. The van der Waals surface area contributed by atoms with Gasteiger partial charge in [-0.3, -0.25) is 4.79 Å². The van der Waals surface area contributed by atoms with Crippen LogP contribution in [0, 0.1) is 5.82 Å². The van der Waals surface area contributed by atoms with Gasteiger partial charge in [0.1, 0.15) is 23.8 Å². The maximum absolute atomic E-state index is 15.5. The number of fused-ring (bicyclic) bond motifs is 1. The summed E-state index contributed by atoms with van der Waals surface area (Å²) in [4.78, 5) is 12.0. The van der Waals surface area contributed by atoms with Crippen molar-refractivity contribution in [2.75, 3.05) is 13.2 Å². The van der Waals surface area contributed by atoms with Crippen LogP contribution in [0.1, 0.15) is 36.1 Å². The Bertz CT molecular complexity index is 1320. The lowest BCUT2D eigenvalue weighted by atomic mass is 9.95. The zero-order valence-electron chi connectivity index (χ0n) is 19.5. The zero-order valence-corrected chi connectivity index (χ0v) is 19.5. The normalized spacial score (nSPS) is 12.0. The van der Waals surface area contributed by atoms with E-state index in [0.29, 0.717) is 34.6 Å². The van der Waals surface area contributed by atoms with Crippen molar-refractivity contribution in [3.63, 3.8) is 0 Å². The largest absolute Gasteiger partial charge is 0.489 e. The molecule has 1 atom stereocenters. The molecule has 3 aromatic carbocycles. The Labute approximate surface area is 203 Å². The van der Waals surface area contributed by atoms with Gasteiger partial charge in [0.2, 0.25) is 0 Å². The van der Waals surface area contributed by atoms with Gasteiger partial charge in [0, 0.05) is 40.3 Å². The van der Waals surface area contributed by atoms with Crippen molar-refractivity contribution in [2.24, 2.45) is 5.73 Å². The van der Waals surface area contributed by atoms with E-state index < -0.39 is 11.9 Å². The van der Waals surface area contributed by atoms with Gasteiger partial charge >= 0.3 is 5.97 Å². The van der Waals surface area contributed by atoms with Gasteiger partial charge in [-0.25, -0.2) is 4.39 Å². The Morgan fingerprint density at radius 3 is 2.74 bits per heavy atom. The van der Waals surface area contributed by atoms with Gasteiger partial charge in [0.05, 0.1) is 19.3 Å². The monoisotopic (exact) mass is 477 g/mol. The van der Waals surface area contributed by atoms with Crippen molar-refractivity contribution >= 4 is 16.9 Å². The Balaban J connectivity index is 1.65. The van der Waals surface area contributed by atoms with Crippen molar-refractivity contribution in [2.45, 2.75) is 32.4 Å². The lowest BCUT2D eigenvalue weighted by Crippen LogP contribution is -2.14. The number of rotatable bonds is 10. The number of para-hydroxylation sites is 1. The first-order valence-corrected chi connectivity index (χ1v) is 11.5. The number of aliphatic hydroxyl groups is 1. The molecule has 0 bridgehead atoms. The van der Waals surface area contributed by atoms with Crippen LogP contribution < -0.4 is 10.5 Å². The molecular formula is C28H28FNO5. The first-order chi connectivity index (χ1) is 17.0.